The van der Waals surface area contributed by atoms with E-state index in [0.717, 1.165) is 24.2 Å². The maximum absolute atomic E-state index is 5.55. The van der Waals surface area contributed by atoms with Crippen molar-refractivity contribution in [3.63, 3.8) is 0 Å². The quantitative estimate of drug-likeness (QED) is 0.857. The van der Waals surface area contributed by atoms with Gasteiger partial charge in [-0.3, -0.25) is 4.90 Å². The van der Waals surface area contributed by atoms with Crippen molar-refractivity contribution < 1.29 is 9.15 Å². The lowest BCUT2D eigenvalue weighted by atomic mass is 10.2. The molecule has 0 aliphatic carbocycles. The van der Waals surface area contributed by atoms with E-state index in [1.54, 1.807) is 18.3 Å². The molecular weight excluding hydrogens is 330 g/mol. The van der Waals surface area contributed by atoms with Crippen LogP contribution in [0.25, 0.3) is 0 Å². The molecule has 19 heavy (non-hydrogen) atoms. The van der Waals surface area contributed by atoms with Crippen molar-refractivity contribution in [1.82, 2.24) is 15.1 Å². The number of halogens is 1. The van der Waals surface area contributed by atoms with E-state index in [1.807, 2.05) is 0 Å². The van der Waals surface area contributed by atoms with Gasteiger partial charge in [-0.2, -0.15) is 11.3 Å². The Labute approximate surface area is 123 Å². The van der Waals surface area contributed by atoms with Gasteiger partial charge in [0.25, 0.3) is 0 Å². The summed E-state index contributed by atoms with van der Waals surface area (Å²) in [6.45, 7) is 4.88. The average molecular weight is 344 g/mol. The van der Waals surface area contributed by atoms with Crippen LogP contribution in [0, 0.1) is 6.92 Å². The topological polar surface area (TPSA) is 51.4 Å². The van der Waals surface area contributed by atoms with Crippen LogP contribution in [-0.4, -0.2) is 34.9 Å². The second kappa shape index (κ2) is 5.70. The van der Waals surface area contributed by atoms with Crippen LogP contribution in [0.15, 0.2) is 19.6 Å². The van der Waals surface area contributed by atoms with Gasteiger partial charge in [0, 0.05) is 29.9 Å². The van der Waals surface area contributed by atoms with Gasteiger partial charge in [0.15, 0.2) is 0 Å². The fourth-order valence-corrected chi connectivity index (χ4v) is 3.56. The van der Waals surface area contributed by atoms with E-state index in [9.17, 15) is 0 Å². The van der Waals surface area contributed by atoms with E-state index < -0.39 is 0 Å². The van der Waals surface area contributed by atoms with Crippen LogP contribution in [0.4, 0.5) is 0 Å². The molecule has 1 aliphatic heterocycles. The first-order valence-electron chi connectivity index (χ1n) is 6.06. The first kappa shape index (κ1) is 13.2. The molecule has 5 nitrogen and oxygen atoms in total. The van der Waals surface area contributed by atoms with Crippen molar-refractivity contribution >= 4 is 27.3 Å². The highest BCUT2D eigenvalue weighted by molar-refractivity contribution is 9.10. The van der Waals surface area contributed by atoms with Crippen molar-refractivity contribution in [2.45, 2.75) is 19.5 Å². The van der Waals surface area contributed by atoms with Crippen molar-refractivity contribution in [3.05, 3.63) is 32.6 Å². The largest absolute Gasteiger partial charge is 0.424 e. The maximum Gasteiger partial charge on any atom is 0.235 e. The Hall–Kier alpha value is -0.760. The third-order valence-corrected chi connectivity index (χ3v) is 4.96. The highest BCUT2D eigenvalue weighted by Crippen LogP contribution is 2.28. The second-order valence-electron chi connectivity index (χ2n) is 4.47. The number of aryl methyl sites for hydroxylation is 1. The minimum atomic E-state index is 0.0433. The summed E-state index contributed by atoms with van der Waals surface area (Å²) < 4.78 is 12.3. The Morgan fingerprint density at radius 2 is 2.37 bits per heavy atom. The normalized spacial score (nSPS) is 20.8. The minimum Gasteiger partial charge on any atom is -0.424 e. The van der Waals surface area contributed by atoms with Crippen LogP contribution in [0.2, 0.25) is 0 Å². The van der Waals surface area contributed by atoms with Gasteiger partial charge in [-0.1, -0.05) is 0 Å². The molecule has 7 heteroatoms. The number of hydrogen-bond acceptors (Lipinski definition) is 6. The molecule has 1 saturated heterocycles. The Bertz CT molecular complexity index is 557. The molecule has 3 heterocycles. The predicted molar refractivity (Wildman–Crippen MR) is 75.0 cm³/mol. The first-order valence-corrected chi connectivity index (χ1v) is 7.80. The zero-order valence-corrected chi connectivity index (χ0v) is 12.9. The fraction of sp³-hybridized carbons (Fsp3) is 0.500. The molecule has 1 atom stereocenters. The molecule has 0 radical (unpaired) electrons. The number of nitrogens with zero attached hydrogens (tertiary/aromatic N) is 3. The number of aromatic nitrogens is 2. The van der Waals surface area contributed by atoms with E-state index in [4.69, 9.17) is 9.15 Å². The summed E-state index contributed by atoms with van der Waals surface area (Å²) in [6.07, 6.45) is 0. The lowest BCUT2D eigenvalue weighted by Crippen LogP contribution is -2.39. The highest BCUT2D eigenvalue weighted by Gasteiger charge is 2.29. The van der Waals surface area contributed by atoms with Gasteiger partial charge >= 0.3 is 0 Å². The minimum absolute atomic E-state index is 0.0433. The van der Waals surface area contributed by atoms with Crippen molar-refractivity contribution in [3.8, 4) is 0 Å². The molecule has 1 fully saturated rings. The SMILES string of the molecule is Cc1nnc(C2COCCN2Cc2cscc2Br)o1. The molecule has 3 rings (SSSR count). The summed E-state index contributed by atoms with van der Waals surface area (Å²) >= 11 is 5.27. The lowest BCUT2D eigenvalue weighted by Gasteiger charge is -2.33. The van der Waals surface area contributed by atoms with Crippen LogP contribution in [0.3, 0.4) is 0 Å². The molecular formula is C12H14BrN3O2S. The van der Waals surface area contributed by atoms with Gasteiger partial charge in [-0.25, -0.2) is 0 Å². The monoisotopic (exact) mass is 343 g/mol. The van der Waals surface area contributed by atoms with Gasteiger partial charge in [-0.05, 0) is 26.9 Å². The molecule has 0 N–H and O–H groups in total. The number of thiophene rings is 1. The molecule has 0 aromatic carbocycles. The summed E-state index contributed by atoms with van der Waals surface area (Å²) in [4.78, 5) is 2.32. The van der Waals surface area contributed by atoms with Crippen molar-refractivity contribution in [2.75, 3.05) is 19.8 Å². The molecule has 2 aromatic rings. The predicted octanol–water partition coefficient (Wildman–Crippen LogP) is 2.78. The van der Waals surface area contributed by atoms with Gasteiger partial charge in [0.1, 0.15) is 6.04 Å². The third kappa shape index (κ3) is 2.89. The molecule has 1 unspecified atom stereocenters. The van der Waals surface area contributed by atoms with E-state index in [0.29, 0.717) is 18.4 Å². The summed E-state index contributed by atoms with van der Waals surface area (Å²) in [5.41, 5.74) is 1.29. The van der Waals surface area contributed by atoms with Crippen LogP contribution < -0.4 is 0 Å². The van der Waals surface area contributed by atoms with Crippen LogP contribution in [0.1, 0.15) is 23.4 Å². The second-order valence-corrected chi connectivity index (χ2v) is 6.06. The zero-order valence-electron chi connectivity index (χ0n) is 10.5. The summed E-state index contributed by atoms with van der Waals surface area (Å²) in [5, 5.41) is 12.3. The van der Waals surface area contributed by atoms with Gasteiger partial charge in [0.2, 0.25) is 11.8 Å². The zero-order chi connectivity index (χ0) is 13.2. The standard InChI is InChI=1S/C12H14BrN3O2S/c1-8-14-15-12(18-8)11-5-17-3-2-16(11)4-9-6-19-7-10(9)13/h6-7,11H,2-5H2,1H3. The van der Waals surface area contributed by atoms with E-state index in [-0.39, 0.29) is 6.04 Å². The summed E-state index contributed by atoms with van der Waals surface area (Å²) in [7, 11) is 0. The van der Waals surface area contributed by atoms with E-state index >= 15 is 0 Å². The smallest absolute Gasteiger partial charge is 0.235 e. The van der Waals surface area contributed by atoms with E-state index in [1.165, 1.54) is 5.56 Å². The molecule has 0 bridgehead atoms. The molecule has 0 spiro atoms. The number of morpholine rings is 1. The molecule has 2 aromatic heterocycles. The summed E-state index contributed by atoms with van der Waals surface area (Å²) in [6, 6.07) is 0.0433. The highest BCUT2D eigenvalue weighted by atomic mass is 79.9. The molecule has 1 aliphatic rings. The summed E-state index contributed by atoms with van der Waals surface area (Å²) in [5.74, 6) is 1.24. The van der Waals surface area contributed by atoms with Gasteiger partial charge < -0.3 is 9.15 Å². The first-order chi connectivity index (χ1) is 9.24. The number of rotatable bonds is 3. The Balaban J connectivity index is 1.79. The fourth-order valence-electron chi connectivity index (χ4n) is 2.14. The van der Waals surface area contributed by atoms with Crippen LogP contribution in [-0.2, 0) is 11.3 Å². The molecule has 0 amide bonds. The van der Waals surface area contributed by atoms with Crippen LogP contribution >= 0.6 is 27.3 Å². The van der Waals surface area contributed by atoms with Gasteiger partial charge in [-0.15, -0.1) is 10.2 Å². The van der Waals surface area contributed by atoms with Crippen molar-refractivity contribution in [1.29, 1.82) is 0 Å². The maximum atomic E-state index is 5.55. The molecule has 102 valence electrons. The molecule has 0 saturated carbocycles. The lowest BCUT2D eigenvalue weighted by molar-refractivity contribution is -0.0226. The Morgan fingerprint density at radius 1 is 1.47 bits per heavy atom. The van der Waals surface area contributed by atoms with Crippen LogP contribution in [0.5, 0.6) is 0 Å². The third-order valence-electron chi connectivity index (χ3n) is 3.13. The Morgan fingerprint density at radius 3 is 3.05 bits per heavy atom. The average Bonchev–Trinajstić information content (AvgIpc) is 3.00. The van der Waals surface area contributed by atoms with E-state index in [2.05, 4.69) is 41.8 Å². The van der Waals surface area contributed by atoms with Crippen molar-refractivity contribution in [2.24, 2.45) is 0 Å². The Kier molecular flexibility index (Phi) is 3.97. The number of ether oxygens (including phenoxy) is 1. The van der Waals surface area contributed by atoms with Gasteiger partial charge in [0.05, 0.1) is 13.2 Å². The number of hydrogen-bond donors (Lipinski definition) is 0.